The number of hydrogen-bond donors (Lipinski definition) is 3. The molecule has 0 saturated carbocycles. The third-order valence-electron chi connectivity index (χ3n) is 2.45. The first kappa shape index (κ1) is 17.0. The fourth-order valence-corrected chi connectivity index (χ4v) is 1.41. The molecule has 0 aromatic heterocycles. The Kier molecular flexibility index (Phi) is 9.45. The molecule has 0 amide bonds. The van der Waals surface area contributed by atoms with E-state index in [1.807, 2.05) is 12.1 Å². The summed E-state index contributed by atoms with van der Waals surface area (Å²) in [6.45, 7) is 3.67. The Bertz CT molecular complexity index is 352. The zero-order valence-corrected chi connectivity index (χ0v) is 13.1. The Labute approximate surface area is 126 Å². The number of hydrogen-bond acceptors (Lipinski definition) is 2. The second kappa shape index (κ2) is 9.99. The molecular weight excluding hydrogens is 341 g/mol. The molecule has 1 aromatic carbocycles. The van der Waals surface area contributed by atoms with Crippen LogP contribution in [0.25, 0.3) is 0 Å². The molecule has 0 saturated heterocycles. The summed E-state index contributed by atoms with van der Waals surface area (Å²) in [5, 5.41) is 12.2. The minimum absolute atomic E-state index is 0. The Morgan fingerprint density at radius 3 is 2.61 bits per heavy atom. The largest absolute Gasteiger partial charge is 0.508 e. The second-order valence-corrected chi connectivity index (χ2v) is 3.96. The summed E-state index contributed by atoms with van der Waals surface area (Å²) in [6.07, 6.45) is 3.06. The van der Waals surface area contributed by atoms with Crippen LogP contribution in [0.1, 0.15) is 25.3 Å². The first-order chi connectivity index (χ1) is 8.22. The number of unbranched alkanes of at least 4 members (excludes halogenated alkanes) is 1. The van der Waals surface area contributed by atoms with Gasteiger partial charge in [0.1, 0.15) is 5.75 Å². The number of benzene rings is 1. The average Bonchev–Trinajstić information content (AvgIpc) is 2.32. The summed E-state index contributed by atoms with van der Waals surface area (Å²) in [4.78, 5) is 4.20. The van der Waals surface area contributed by atoms with E-state index in [1.54, 1.807) is 12.1 Å². The number of nitrogens with two attached hydrogens (primary N) is 1. The number of phenolic OH excluding ortho intramolecular Hbond substituents is 1. The number of rotatable bonds is 6. The number of guanidine groups is 1. The van der Waals surface area contributed by atoms with Crippen molar-refractivity contribution < 1.29 is 5.11 Å². The van der Waals surface area contributed by atoms with Crippen LogP contribution in [-0.2, 0) is 6.42 Å². The summed E-state index contributed by atoms with van der Waals surface area (Å²) >= 11 is 0. The maximum Gasteiger partial charge on any atom is 0.188 e. The van der Waals surface area contributed by atoms with Crippen molar-refractivity contribution in [3.05, 3.63) is 29.8 Å². The van der Waals surface area contributed by atoms with Crippen LogP contribution in [0.15, 0.2) is 29.3 Å². The van der Waals surface area contributed by atoms with Crippen molar-refractivity contribution in [3.8, 4) is 5.75 Å². The van der Waals surface area contributed by atoms with E-state index in [-0.39, 0.29) is 24.0 Å². The highest BCUT2D eigenvalue weighted by Gasteiger charge is 1.94. The van der Waals surface area contributed by atoms with Crippen LogP contribution in [-0.4, -0.2) is 24.2 Å². The maximum atomic E-state index is 9.14. The normalized spacial score (nSPS) is 10.8. The van der Waals surface area contributed by atoms with Gasteiger partial charge in [-0.2, -0.15) is 0 Å². The Balaban J connectivity index is 0.00000289. The number of nitrogens with one attached hydrogen (secondary N) is 1. The zero-order valence-electron chi connectivity index (χ0n) is 10.7. The Hall–Kier alpha value is -0.980. The fraction of sp³-hybridized carbons (Fsp3) is 0.462. The molecule has 1 aromatic rings. The third kappa shape index (κ3) is 7.37. The average molecular weight is 363 g/mol. The lowest BCUT2D eigenvalue weighted by atomic mass is 10.1. The number of phenols is 1. The molecule has 4 nitrogen and oxygen atoms in total. The molecule has 4 N–H and O–H groups in total. The molecule has 0 aliphatic rings. The van der Waals surface area contributed by atoms with Gasteiger partial charge in [-0.3, -0.25) is 4.99 Å². The monoisotopic (exact) mass is 363 g/mol. The topological polar surface area (TPSA) is 70.6 Å². The molecule has 18 heavy (non-hydrogen) atoms. The van der Waals surface area contributed by atoms with E-state index in [0.717, 1.165) is 37.9 Å². The molecule has 0 bridgehead atoms. The lowest BCUT2D eigenvalue weighted by Crippen LogP contribution is -2.33. The first-order valence-electron chi connectivity index (χ1n) is 6.04. The third-order valence-corrected chi connectivity index (χ3v) is 2.45. The van der Waals surface area contributed by atoms with Gasteiger partial charge in [0.2, 0.25) is 0 Å². The van der Waals surface area contributed by atoms with E-state index in [4.69, 9.17) is 10.8 Å². The summed E-state index contributed by atoms with van der Waals surface area (Å²) < 4.78 is 0. The van der Waals surface area contributed by atoms with E-state index in [9.17, 15) is 0 Å². The van der Waals surface area contributed by atoms with Gasteiger partial charge in [0.15, 0.2) is 5.96 Å². The van der Waals surface area contributed by atoms with Gasteiger partial charge in [0.25, 0.3) is 0 Å². The molecule has 0 fully saturated rings. The van der Waals surface area contributed by atoms with Crippen LogP contribution >= 0.6 is 24.0 Å². The molecule has 102 valence electrons. The highest BCUT2D eigenvalue weighted by Crippen LogP contribution is 2.09. The van der Waals surface area contributed by atoms with Gasteiger partial charge in [-0.15, -0.1) is 24.0 Å². The minimum Gasteiger partial charge on any atom is -0.508 e. The summed E-state index contributed by atoms with van der Waals surface area (Å²) in [7, 11) is 0. The summed E-state index contributed by atoms with van der Waals surface area (Å²) in [5.41, 5.74) is 6.87. The van der Waals surface area contributed by atoms with Crippen molar-refractivity contribution in [2.75, 3.05) is 13.1 Å². The Morgan fingerprint density at radius 2 is 2.00 bits per heavy atom. The van der Waals surface area contributed by atoms with Gasteiger partial charge >= 0.3 is 0 Å². The molecule has 0 heterocycles. The van der Waals surface area contributed by atoms with Gasteiger partial charge in [-0.05, 0) is 30.5 Å². The van der Waals surface area contributed by atoms with Crippen LogP contribution in [0.4, 0.5) is 0 Å². The molecule has 0 aliphatic carbocycles. The number of nitrogens with zero attached hydrogens (tertiary/aromatic N) is 1. The summed E-state index contributed by atoms with van der Waals surface area (Å²) in [6, 6.07) is 7.19. The van der Waals surface area contributed by atoms with Crippen LogP contribution < -0.4 is 11.1 Å². The van der Waals surface area contributed by atoms with Crippen molar-refractivity contribution >= 4 is 29.9 Å². The quantitative estimate of drug-likeness (QED) is 0.314. The molecule has 0 aliphatic heterocycles. The lowest BCUT2D eigenvalue weighted by molar-refractivity contribution is 0.475. The van der Waals surface area contributed by atoms with Crippen molar-refractivity contribution in [3.63, 3.8) is 0 Å². The van der Waals surface area contributed by atoms with Crippen molar-refractivity contribution in [2.24, 2.45) is 10.7 Å². The predicted octanol–water partition coefficient (Wildman–Crippen LogP) is 2.26. The second-order valence-electron chi connectivity index (χ2n) is 3.96. The molecule has 0 spiro atoms. The van der Waals surface area contributed by atoms with E-state index < -0.39 is 0 Å². The summed E-state index contributed by atoms with van der Waals surface area (Å²) in [5.74, 6) is 0.805. The SMILES string of the molecule is CCCCN=C(N)NCCc1ccc(O)cc1.I. The standard InChI is InChI=1S/C13H21N3O.HI/c1-2-3-9-15-13(14)16-10-8-11-4-6-12(17)7-5-11;/h4-7,17H,2-3,8-10H2,1H3,(H3,14,15,16);1H. The number of aromatic hydroxyl groups is 1. The van der Waals surface area contributed by atoms with Gasteiger partial charge < -0.3 is 16.2 Å². The maximum absolute atomic E-state index is 9.14. The molecule has 0 unspecified atom stereocenters. The van der Waals surface area contributed by atoms with Gasteiger partial charge in [0, 0.05) is 13.1 Å². The molecule has 0 radical (unpaired) electrons. The first-order valence-corrected chi connectivity index (χ1v) is 6.04. The predicted molar refractivity (Wildman–Crippen MR) is 86.6 cm³/mol. The highest BCUT2D eigenvalue weighted by molar-refractivity contribution is 14.0. The highest BCUT2D eigenvalue weighted by atomic mass is 127. The van der Waals surface area contributed by atoms with Crippen LogP contribution in [0.3, 0.4) is 0 Å². The lowest BCUT2D eigenvalue weighted by Gasteiger charge is -2.05. The van der Waals surface area contributed by atoms with Gasteiger partial charge in [0.05, 0.1) is 0 Å². The smallest absolute Gasteiger partial charge is 0.188 e. The van der Waals surface area contributed by atoms with Crippen LogP contribution in [0.5, 0.6) is 5.75 Å². The van der Waals surface area contributed by atoms with Gasteiger partial charge in [-0.25, -0.2) is 0 Å². The Morgan fingerprint density at radius 1 is 1.33 bits per heavy atom. The molecule has 1 rings (SSSR count). The van der Waals surface area contributed by atoms with Gasteiger partial charge in [-0.1, -0.05) is 25.5 Å². The minimum atomic E-state index is 0. The molecular formula is C13H22IN3O. The zero-order chi connectivity index (χ0) is 12.5. The molecule has 5 heteroatoms. The molecule has 0 atom stereocenters. The van der Waals surface area contributed by atoms with E-state index in [2.05, 4.69) is 17.2 Å². The van der Waals surface area contributed by atoms with E-state index in [0.29, 0.717) is 11.7 Å². The van der Waals surface area contributed by atoms with E-state index >= 15 is 0 Å². The number of aliphatic imine (C=N–C) groups is 1. The number of halogens is 1. The van der Waals surface area contributed by atoms with Crippen molar-refractivity contribution in [1.29, 1.82) is 0 Å². The van der Waals surface area contributed by atoms with E-state index in [1.165, 1.54) is 0 Å². The van der Waals surface area contributed by atoms with Crippen molar-refractivity contribution in [1.82, 2.24) is 5.32 Å². The van der Waals surface area contributed by atoms with Crippen molar-refractivity contribution in [2.45, 2.75) is 26.2 Å². The van der Waals surface area contributed by atoms with Crippen LogP contribution in [0.2, 0.25) is 0 Å². The van der Waals surface area contributed by atoms with Crippen LogP contribution in [0, 0.1) is 0 Å². The fourth-order valence-electron chi connectivity index (χ4n) is 1.41.